The predicted octanol–water partition coefficient (Wildman–Crippen LogP) is 0.736. The van der Waals surface area contributed by atoms with Crippen molar-refractivity contribution in [2.24, 2.45) is 5.92 Å². The molecule has 0 aromatic carbocycles. The van der Waals surface area contributed by atoms with E-state index in [4.69, 9.17) is 4.74 Å². The van der Waals surface area contributed by atoms with Crippen LogP contribution in [0.4, 0.5) is 0 Å². The van der Waals surface area contributed by atoms with Gasteiger partial charge in [0.2, 0.25) is 11.8 Å². The Morgan fingerprint density at radius 3 is 2.80 bits per heavy atom. The summed E-state index contributed by atoms with van der Waals surface area (Å²) in [5.41, 5.74) is 0.508. The Bertz CT molecular complexity index is 486. The van der Waals surface area contributed by atoms with Crippen LogP contribution in [0.1, 0.15) is 30.1 Å². The van der Waals surface area contributed by atoms with Crippen molar-refractivity contribution < 1.29 is 14.3 Å². The maximum Gasteiger partial charge on any atom is 0.251 e. The lowest BCUT2D eigenvalue weighted by molar-refractivity contribution is -0.118. The molecule has 1 saturated carbocycles. The second kappa shape index (κ2) is 6.88. The van der Waals surface area contributed by atoms with Gasteiger partial charge in [0.05, 0.1) is 6.61 Å². The minimum Gasteiger partial charge on any atom is -0.477 e. The molecule has 0 unspecified atom stereocenters. The van der Waals surface area contributed by atoms with Crippen LogP contribution in [-0.4, -0.2) is 36.5 Å². The van der Waals surface area contributed by atoms with Crippen molar-refractivity contribution in [3.63, 3.8) is 0 Å². The highest BCUT2D eigenvalue weighted by Gasteiger charge is 2.22. The highest BCUT2D eigenvalue weighted by Crippen LogP contribution is 2.29. The van der Waals surface area contributed by atoms with Gasteiger partial charge in [-0.2, -0.15) is 0 Å². The van der Waals surface area contributed by atoms with Crippen molar-refractivity contribution in [3.8, 4) is 5.88 Å². The number of pyridine rings is 1. The summed E-state index contributed by atoms with van der Waals surface area (Å²) in [5, 5.41) is 5.33. The molecule has 1 aliphatic carbocycles. The molecule has 2 N–H and O–H groups in total. The fourth-order valence-electron chi connectivity index (χ4n) is 1.63. The second-order valence-electron chi connectivity index (χ2n) is 4.88. The molecule has 1 aromatic heterocycles. The number of amides is 2. The summed E-state index contributed by atoms with van der Waals surface area (Å²) in [6.07, 6.45) is 3.98. The maximum absolute atomic E-state index is 11.9. The highest BCUT2D eigenvalue weighted by molar-refractivity contribution is 5.94. The standard InChI is InChI=1S/C14H19N3O3/c1-10(18)15-6-7-17-14(19)12-4-5-16-13(8-12)20-9-11-2-3-11/h4-5,8,11H,2-3,6-7,9H2,1H3,(H,15,18)(H,17,19). The van der Waals surface area contributed by atoms with Crippen LogP contribution in [0.2, 0.25) is 0 Å². The number of rotatable bonds is 7. The van der Waals surface area contributed by atoms with Crippen LogP contribution in [0, 0.1) is 5.92 Å². The quantitative estimate of drug-likeness (QED) is 0.720. The Balaban J connectivity index is 1.78. The molecule has 0 bridgehead atoms. The molecule has 0 radical (unpaired) electrons. The smallest absolute Gasteiger partial charge is 0.251 e. The van der Waals surface area contributed by atoms with Crippen LogP contribution in [0.3, 0.4) is 0 Å². The molecular formula is C14H19N3O3. The SMILES string of the molecule is CC(=O)NCCNC(=O)c1ccnc(OCC2CC2)c1. The topological polar surface area (TPSA) is 80.3 Å². The van der Waals surface area contributed by atoms with Crippen molar-refractivity contribution in [1.82, 2.24) is 15.6 Å². The molecule has 0 saturated heterocycles. The van der Waals surface area contributed by atoms with Gasteiger partial charge in [0.15, 0.2) is 0 Å². The van der Waals surface area contributed by atoms with Gasteiger partial charge in [0.1, 0.15) is 0 Å². The van der Waals surface area contributed by atoms with Crippen LogP contribution >= 0.6 is 0 Å². The summed E-state index contributed by atoms with van der Waals surface area (Å²) in [4.78, 5) is 26.7. The zero-order valence-corrected chi connectivity index (χ0v) is 11.5. The van der Waals surface area contributed by atoms with Gasteiger partial charge in [0.25, 0.3) is 5.91 Å². The fraction of sp³-hybridized carbons (Fsp3) is 0.500. The van der Waals surface area contributed by atoms with Crippen molar-refractivity contribution in [1.29, 1.82) is 0 Å². The minimum atomic E-state index is -0.200. The van der Waals surface area contributed by atoms with Gasteiger partial charge in [-0.25, -0.2) is 4.98 Å². The van der Waals surface area contributed by atoms with E-state index in [0.717, 1.165) is 0 Å². The molecule has 20 heavy (non-hydrogen) atoms. The molecular weight excluding hydrogens is 258 g/mol. The molecule has 6 heteroatoms. The van der Waals surface area contributed by atoms with Gasteiger partial charge in [-0.1, -0.05) is 0 Å². The molecule has 1 fully saturated rings. The summed E-state index contributed by atoms with van der Waals surface area (Å²) in [5.74, 6) is 0.811. The van der Waals surface area contributed by atoms with E-state index in [1.807, 2.05) is 0 Å². The lowest BCUT2D eigenvalue weighted by atomic mass is 10.2. The second-order valence-corrected chi connectivity index (χ2v) is 4.88. The molecule has 6 nitrogen and oxygen atoms in total. The molecule has 0 aliphatic heterocycles. The lowest BCUT2D eigenvalue weighted by Gasteiger charge is -2.07. The number of nitrogens with zero attached hydrogens (tertiary/aromatic N) is 1. The van der Waals surface area contributed by atoms with Gasteiger partial charge in [-0.15, -0.1) is 0 Å². The maximum atomic E-state index is 11.9. The van der Waals surface area contributed by atoms with E-state index in [1.54, 1.807) is 18.3 Å². The summed E-state index contributed by atoms with van der Waals surface area (Å²) in [6.45, 7) is 2.91. The third-order valence-corrected chi connectivity index (χ3v) is 2.95. The molecule has 0 spiro atoms. The highest BCUT2D eigenvalue weighted by atomic mass is 16.5. The Hall–Kier alpha value is -2.11. The largest absolute Gasteiger partial charge is 0.477 e. The molecule has 1 heterocycles. The number of hydrogen-bond donors (Lipinski definition) is 2. The van der Waals surface area contributed by atoms with Crippen molar-refractivity contribution >= 4 is 11.8 Å². The Morgan fingerprint density at radius 2 is 2.10 bits per heavy atom. The molecule has 2 rings (SSSR count). The van der Waals surface area contributed by atoms with E-state index < -0.39 is 0 Å². The van der Waals surface area contributed by atoms with Crippen LogP contribution in [0.5, 0.6) is 5.88 Å². The number of aromatic nitrogens is 1. The van der Waals surface area contributed by atoms with E-state index in [-0.39, 0.29) is 11.8 Å². The van der Waals surface area contributed by atoms with Gasteiger partial charge in [-0.05, 0) is 24.8 Å². The third kappa shape index (κ3) is 4.87. The average molecular weight is 277 g/mol. The van der Waals surface area contributed by atoms with E-state index in [9.17, 15) is 9.59 Å². The first-order valence-corrected chi connectivity index (χ1v) is 6.76. The average Bonchev–Trinajstić information content (AvgIpc) is 3.25. The van der Waals surface area contributed by atoms with Crippen LogP contribution < -0.4 is 15.4 Å². The molecule has 1 aliphatic rings. The van der Waals surface area contributed by atoms with E-state index in [2.05, 4.69) is 15.6 Å². The van der Waals surface area contributed by atoms with Gasteiger partial charge < -0.3 is 15.4 Å². The van der Waals surface area contributed by atoms with E-state index in [1.165, 1.54) is 19.8 Å². The van der Waals surface area contributed by atoms with E-state index >= 15 is 0 Å². The zero-order chi connectivity index (χ0) is 14.4. The first-order chi connectivity index (χ1) is 9.65. The van der Waals surface area contributed by atoms with Crippen LogP contribution in [-0.2, 0) is 4.79 Å². The van der Waals surface area contributed by atoms with Crippen molar-refractivity contribution in [3.05, 3.63) is 23.9 Å². The first-order valence-electron chi connectivity index (χ1n) is 6.76. The number of ether oxygens (including phenoxy) is 1. The Kier molecular flexibility index (Phi) is 4.92. The summed E-state index contributed by atoms with van der Waals surface area (Å²) in [6, 6.07) is 3.27. The van der Waals surface area contributed by atoms with E-state index in [0.29, 0.717) is 37.1 Å². The summed E-state index contributed by atoms with van der Waals surface area (Å²) >= 11 is 0. The summed E-state index contributed by atoms with van der Waals surface area (Å²) in [7, 11) is 0. The number of nitrogens with one attached hydrogen (secondary N) is 2. The zero-order valence-electron chi connectivity index (χ0n) is 11.5. The Labute approximate surface area is 117 Å². The number of hydrogen-bond acceptors (Lipinski definition) is 4. The van der Waals surface area contributed by atoms with Gasteiger partial charge >= 0.3 is 0 Å². The molecule has 108 valence electrons. The van der Waals surface area contributed by atoms with Gasteiger partial charge in [0, 0.05) is 37.8 Å². The number of carbonyl (C=O) groups is 2. The normalized spacial score (nSPS) is 13.7. The summed E-state index contributed by atoms with van der Waals surface area (Å²) < 4.78 is 5.53. The predicted molar refractivity (Wildman–Crippen MR) is 73.5 cm³/mol. The lowest BCUT2D eigenvalue weighted by Crippen LogP contribution is -2.33. The number of carbonyl (C=O) groups excluding carboxylic acids is 2. The Morgan fingerprint density at radius 1 is 1.35 bits per heavy atom. The molecule has 2 amide bonds. The van der Waals surface area contributed by atoms with Crippen LogP contribution in [0.25, 0.3) is 0 Å². The van der Waals surface area contributed by atoms with Crippen molar-refractivity contribution in [2.75, 3.05) is 19.7 Å². The monoisotopic (exact) mass is 277 g/mol. The molecule has 0 atom stereocenters. The van der Waals surface area contributed by atoms with Crippen LogP contribution in [0.15, 0.2) is 18.3 Å². The molecule has 1 aromatic rings. The minimum absolute atomic E-state index is 0.112. The third-order valence-electron chi connectivity index (χ3n) is 2.95. The van der Waals surface area contributed by atoms with Gasteiger partial charge in [-0.3, -0.25) is 9.59 Å². The first kappa shape index (κ1) is 14.3. The fourth-order valence-corrected chi connectivity index (χ4v) is 1.63. The van der Waals surface area contributed by atoms with Crippen molar-refractivity contribution in [2.45, 2.75) is 19.8 Å².